The number of methoxy groups -OCH3 is 2. The van der Waals surface area contributed by atoms with Gasteiger partial charge in [0.1, 0.15) is 24.2 Å². The van der Waals surface area contributed by atoms with Crippen LogP contribution in [-0.2, 0) is 11.4 Å². The molecule has 1 aliphatic rings. The third-order valence-corrected chi connectivity index (χ3v) is 9.40. The SMILES string of the molecule is CCN(CC)C(=O)C1=C(C)N=c2s/c(=C/c3cc(I)c(OCc4ccccc4F)c(OC)c3)c(=O)n2[C@H]1c1ccccc1OC. The van der Waals surface area contributed by atoms with Crippen LogP contribution >= 0.6 is 33.9 Å². The lowest BCUT2D eigenvalue weighted by atomic mass is 9.94. The Labute approximate surface area is 278 Å². The van der Waals surface area contributed by atoms with Gasteiger partial charge in [-0.2, -0.15) is 0 Å². The molecular weight excluding hydrogens is 708 g/mol. The number of carbonyl (C=O) groups is 1. The predicted molar refractivity (Wildman–Crippen MR) is 181 cm³/mol. The molecule has 11 heteroatoms. The summed E-state index contributed by atoms with van der Waals surface area (Å²) in [6.07, 6.45) is 1.78. The van der Waals surface area contributed by atoms with Crippen molar-refractivity contribution < 1.29 is 23.4 Å². The van der Waals surface area contributed by atoms with E-state index in [0.717, 1.165) is 3.57 Å². The number of allylic oxidation sites excluding steroid dienone is 1. The van der Waals surface area contributed by atoms with E-state index in [0.29, 0.717) is 67.6 Å². The molecule has 4 aromatic rings. The highest BCUT2D eigenvalue weighted by atomic mass is 127. The number of hydrogen-bond acceptors (Lipinski definition) is 7. The van der Waals surface area contributed by atoms with Gasteiger partial charge in [-0.25, -0.2) is 9.38 Å². The van der Waals surface area contributed by atoms with Gasteiger partial charge in [0.15, 0.2) is 16.3 Å². The molecule has 0 saturated heterocycles. The first-order chi connectivity index (χ1) is 21.7. The van der Waals surface area contributed by atoms with E-state index in [1.807, 2.05) is 51.1 Å². The molecule has 3 aromatic carbocycles. The molecule has 8 nitrogen and oxygen atoms in total. The highest BCUT2D eigenvalue weighted by molar-refractivity contribution is 14.1. The maximum Gasteiger partial charge on any atom is 0.271 e. The van der Waals surface area contributed by atoms with E-state index in [1.54, 1.807) is 46.9 Å². The Hall–Kier alpha value is -3.97. The topological polar surface area (TPSA) is 82.4 Å². The van der Waals surface area contributed by atoms with E-state index in [2.05, 4.69) is 22.6 Å². The van der Waals surface area contributed by atoms with Crippen molar-refractivity contribution in [2.24, 2.45) is 4.99 Å². The molecule has 5 rings (SSSR count). The summed E-state index contributed by atoms with van der Waals surface area (Å²) in [7, 11) is 3.10. The van der Waals surface area contributed by atoms with Crippen molar-refractivity contribution >= 4 is 45.9 Å². The number of ether oxygens (including phenoxy) is 3. The predicted octanol–water partition coefficient (Wildman–Crippen LogP) is 5.44. The molecule has 1 aromatic heterocycles. The summed E-state index contributed by atoms with van der Waals surface area (Å²) < 4.78 is 34.2. The Morgan fingerprint density at radius 2 is 1.76 bits per heavy atom. The number of halogens is 2. The van der Waals surface area contributed by atoms with E-state index in [-0.39, 0.29) is 23.9 Å². The summed E-state index contributed by atoms with van der Waals surface area (Å²) in [4.78, 5) is 35.0. The van der Waals surface area contributed by atoms with Gasteiger partial charge in [0.05, 0.1) is 33.6 Å². The smallest absolute Gasteiger partial charge is 0.271 e. The number of amides is 1. The van der Waals surface area contributed by atoms with Crippen LogP contribution in [0.1, 0.15) is 43.5 Å². The van der Waals surface area contributed by atoms with Crippen LogP contribution in [0.2, 0.25) is 0 Å². The molecule has 1 aliphatic heterocycles. The van der Waals surface area contributed by atoms with E-state index in [9.17, 15) is 14.0 Å². The van der Waals surface area contributed by atoms with Crippen LogP contribution < -0.4 is 29.1 Å². The van der Waals surface area contributed by atoms with Gasteiger partial charge in [-0.1, -0.05) is 47.7 Å². The number of rotatable bonds is 10. The number of hydrogen-bond donors (Lipinski definition) is 0. The van der Waals surface area contributed by atoms with Gasteiger partial charge in [-0.05, 0) is 79.3 Å². The van der Waals surface area contributed by atoms with Crippen molar-refractivity contribution in [2.75, 3.05) is 27.3 Å². The molecule has 45 heavy (non-hydrogen) atoms. The first-order valence-electron chi connectivity index (χ1n) is 14.4. The lowest BCUT2D eigenvalue weighted by molar-refractivity contribution is -0.127. The quantitative estimate of drug-likeness (QED) is 0.202. The van der Waals surface area contributed by atoms with Crippen molar-refractivity contribution in [3.05, 3.63) is 118 Å². The zero-order valence-electron chi connectivity index (χ0n) is 25.6. The highest BCUT2D eigenvalue weighted by Gasteiger charge is 2.35. The molecule has 0 unspecified atom stereocenters. The van der Waals surface area contributed by atoms with Crippen molar-refractivity contribution in [3.63, 3.8) is 0 Å². The summed E-state index contributed by atoms with van der Waals surface area (Å²) in [6.45, 7) is 6.75. The fourth-order valence-corrected chi connectivity index (χ4v) is 7.17. The van der Waals surface area contributed by atoms with Crippen molar-refractivity contribution in [1.82, 2.24) is 9.47 Å². The Kier molecular flexibility index (Phi) is 10.1. The fraction of sp³-hybridized carbons (Fsp3) is 0.265. The van der Waals surface area contributed by atoms with E-state index >= 15 is 0 Å². The van der Waals surface area contributed by atoms with Crippen molar-refractivity contribution in [3.8, 4) is 17.2 Å². The summed E-state index contributed by atoms with van der Waals surface area (Å²) in [5, 5.41) is 0. The largest absolute Gasteiger partial charge is 0.496 e. The number of nitrogens with zero attached hydrogens (tertiary/aromatic N) is 3. The molecule has 0 N–H and O–H groups in total. The standard InChI is InChI=1S/C34H33FIN3O5S/c1-6-38(7-2)33(41)29-20(3)37-34-39(30(29)23-13-9-11-15-26(23)42-4)32(40)28(45-34)18-21-16-25(36)31(27(17-21)43-5)44-19-22-12-8-10-14-24(22)35/h8-18,30H,6-7,19H2,1-5H3/b28-18+/t30-/m0/s1. The number of benzene rings is 3. The number of fused-ring (bicyclic) bond motifs is 1. The van der Waals surface area contributed by atoms with Gasteiger partial charge in [0.25, 0.3) is 11.5 Å². The van der Waals surface area contributed by atoms with Crippen LogP contribution in [0.5, 0.6) is 17.2 Å². The molecule has 0 bridgehead atoms. The number of para-hydroxylation sites is 1. The zero-order chi connectivity index (χ0) is 32.2. The fourth-order valence-electron chi connectivity index (χ4n) is 5.34. The maximum atomic E-state index is 14.2. The third-order valence-electron chi connectivity index (χ3n) is 7.62. The van der Waals surface area contributed by atoms with Crippen LogP contribution in [0.15, 0.2) is 81.7 Å². The molecule has 1 amide bonds. The summed E-state index contributed by atoms with van der Waals surface area (Å²) in [6, 6.07) is 16.8. The van der Waals surface area contributed by atoms with Crippen molar-refractivity contribution in [1.29, 1.82) is 0 Å². The Morgan fingerprint density at radius 3 is 2.44 bits per heavy atom. The summed E-state index contributed by atoms with van der Waals surface area (Å²) in [5.74, 6) is 0.985. The molecule has 1 atom stereocenters. The Balaban J connectivity index is 1.62. The number of aromatic nitrogens is 1. The van der Waals surface area contributed by atoms with E-state index < -0.39 is 6.04 Å². The molecular formula is C34H33FIN3O5S. The molecule has 0 radical (unpaired) electrons. The van der Waals surface area contributed by atoms with Crippen LogP contribution in [0.4, 0.5) is 4.39 Å². The first-order valence-corrected chi connectivity index (χ1v) is 16.3. The molecule has 234 valence electrons. The van der Waals surface area contributed by atoms with Gasteiger partial charge in [0.2, 0.25) is 0 Å². The number of carbonyl (C=O) groups excluding carboxylic acids is 1. The molecule has 0 fully saturated rings. The number of likely N-dealkylation sites (N-methyl/N-ethyl adjacent to an activating group) is 1. The molecule has 0 aliphatic carbocycles. The van der Waals surface area contributed by atoms with Crippen molar-refractivity contribution in [2.45, 2.75) is 33.4 Å². The van der Waals surface area contributed by atoms with Gasteiger partial charge in [-0.15, -0.1) is 0 Å². The minimum absolute atomic E-state index is 0.0355. The minimum Gasteiger partial charge on any atom is -0.496 e. The van der Waals surface area contributed by atoms with E-state index in [4.69, 9.17) is 19.2 Å². The van der Waals surface area contributed by atoms with Gasteiger partial charge in [-0.3, -0.25) is 14.2 Å². The second-order valence-electron chi connectivity index (χ2n) is 10.2. The van der Waals surface area contributed by atoms with Gasteiger partial charge >= 0.3 is 0 Å². The summed E-state index contributed by atoms with van der Waals surface area (Å²) >= 11 is 3.39. The molecule has 0 saturated carbocycles. The van der Waals surface area contributed by atoms with Crippen LogP contribution in [0.3, 0.4) is 0 Å². The second kappa shape index (κ2) is 14.0. The monoisotopic (exact) mass is 741 g/mol. The average Bonchev–Trinajstić information content (AvgIpc) is 3.34. The number of thiazole rings is 1. The van der Waals surface area contributed by atoms with Gasteiger partial charge in [0, 0.05) is 24.2 Å². The van der Waals surface area contributed by atoms with E-state index in [1.165, 1.54) is 24.5 Å². The lowest BCUT2D eigenvalue weighted by Gasteiger charge is -2.29. The minimum atomic E-state index is -0.725. The van der Waals surface area contributed by atoms with Gasteiger partial charge < -0.3 is 19.1 Å². The van der Waals surface area contributed by atoms with Crippen LogP contribution in [-0.4, -0.2) is 42.7 Å². The molecule has 2 heterocycles. The Morgan fingerprint density at radius 1 is 1.07 bits per heavy atom. The highest BCUT2D eigenvalue weighted by Crippen LogP contribution is 2.37. The first kappa shape index (κ1) is 32.4. The molecule has 0 spiro atoms. The van der Waals surface area contributed by atoms with Crippen LogP contribution in [0.25, 0.3) is 6.08 Å². The second-order valence-corrected chi connectivity index (χ2v) is 12.4. The summed E-state index contributed by atoms with van der Waals surface area (Å²) in [5.41, 5.74) is 2.56. The van der Waals surface area contributed by atoms with Crippen LogP contribution in [0, 0.1) is 9.39 Å². The Bertz CT molecular complexity index is 1960. The average molecular weight is 742 g/mol. The lowest BCUT2D eigenvalue weighted by Crippen LogP contribution is -2.43. The normalized spacial score (nSPS) is 14.6. The zero-order valence-corrected chi connectivity index (χ0v) is 28.6. The third kappa shape index (κ3) is 6.41. The maximum absolute atomic E-state index is 14.2.